The van der Waals surface area contributed by atoms with Crippen LogP contribution < -0.4 is 5.32 Å². The van der Waals surface area contributed by atoms with Gasteiger partial charge in [-0.05, 0) is 57.9 Å². The summed E-state index contributed by atoms with van der Waals surface area (Å²) in [5.41, 5.74) is 0.748. The number of carbonyl (C=O) groups excluding carboxylic acids is 4. The maximum Gasteiger partial charge on any atom is 0.337 e. The summed E-state index contributed by atoms with van der Waals surface area (Å²) in [5.74, 6) is -0.959. The topological polar surface area (TPSA) is 96.0 Å². The number of carbonyl (C=O) groups is 4. The van der Waals surface area contributed by atoms with Crippen LogP contribution >= 0.6 is 0 Å². The number of hydrogen-bond donors (Lipinski definition) is 1. The zero-order chi connectivity index (χ0) is 22.8. The third kappa shape index (κ3) is 5.24. The summed E-state index contributed by atoms with van der Waals surface area (Å²) in [6, 6.07) is 6.54. The number of anilines is 1. The Balaban J connectivity index is 1.50. The Bertz CT molecular complexity index is 851. The van der Waals surface area contributed by atoms with Crippen LogP contribution in [0.3, 0.4) is 0 Å². The summed E-state index contributed by atoms with van der Waals surface area (Å²) >= 11 is 0. The van der Waals surface area contributed by atoms with Gasteiger partial charge in [0, 0.05) is 43.2 Å². The molecule has 8 heteroatoms. The molecule has 1 aromatic rings. The third-order valence-corrected chi connectivity index (χ3v) is 6.03. The zero-order valence-electron chi connectivity index (χ0n) is 18.6. The Kier molecular flexibility index (Phi) is 6.67. The van der Waals surface area contributed by atoms with E-state index >= 15 is 0 Å². The van der Waals surface area contributed by atoms with Crippen molar-refractivity contribution in [2.45, 2.75) is 45.6 Å². The molecule has 3 rings (SSSR count). The second kappa shape index (κ2) is 9.08. The molecule has 1 unspecified atom stereocenters. The molecule has 0 aliphatic carbocycles. The number of likely N-dealkylation sites (tertiary alicyclic amines) is 2. The number of esters is 1. The number of methoxy groups -OCH3 is 1. The lowest BCUT2D eigenvalue weighted by Crippen LogP contribution is -2.46. The van der Waals surface area contributed by atoms with Crippen LogP contribution in [-0.4, -0.2) is 65.8 Å². The molecule has 8 nitrogen and oxygen atoms in total. The normalized spacial score (nSPS) is 20.0. The summed E-state index contributed by atoms with van der Waals surface area (Å²) in [5, 5.41) is 2.88. The molecular formula is C23H31N3O5. The molecule has 2 aliphatic rings. The van der Waals surface area contributed by atoms with E-state index in [4.69, 9.17) is 0 Å². The summed E-state index contributed by atoms with van der Waals surface area (Å²) in [7, 11) is 1.32. The Morgan fingerprint density at radius 2 is 1.65 bits per heavy atom. The molecule has 2 heterocycles. The zero-order valence-corrected chi connectivity index (χ0v) is 18.6. The lowest BCUT2D eigenvalue weighted by Gasteiger charge is -2.34. The minimum Gasteiger partial charge on any atom is -0.465 e. The third-order valence-electron chi connectivity index (χ3n) is 6.03. The van der Waals surface area contributed by atoms with Gasteiger partial charge >= 0.3 is 5.97 Å². The Morgan fingerprint density at radius 3 is 2.16 bits per heavy atom. The number of nitrogens with one attached hydrogen (secondary N) is 1. The predicted octanol–water partition coefficient (Wildman–Crippen LogP) is 2.30. The fourth-order valence-electron chi connectivity index (χ4n) is 4.19. The van der Waals surface area contributed by atoms with Gasteiger partial charge < -0.3 is 19.9 Å². The van der Waals surface area contributed by atoms with Crippen molar-refractivity contribution < 1.29 is 23.9 Å². The molecule has 1 aromatic carbocycles. The van der Waals surface area contributed by atoms with E-state index in [-0.39, 0.29) is 41.5 Å². The van der Waals surface area contributed by atoms with E-state index in [1.54, 1.807) is 34.1 Å². The first-order chi connectivity index (χ1) is 14.6. The first kappa shape index (κ1) is 22.8. The van der Waals surface area contributed by atoms with Crippen molar-refractivity contribution in [2.24, 2.45) is 11.8 Å². The minimum atomic E-state index is -0.426. The highest BCUT2D eigenvalue weighted by Gasteiger charge is 2.41. The van der Waals surface area contributed by atoms with E-state index < -0.39 is 5.97 Å². The molecule has 0 spiro atoms. The largest absolute Gasteiger partial charge is 0.465 e. The molecule has 2 aliphatic heterocycles. The van der Waals surface area contributed by atoms with Gasteiger partial charge in [-0.2, -0.15) is 0 Å². The lowest BCUT2D eigenvalue weighted by atomic mass is 9.94. The van der Waals surface area contributed by atoms with Gasteiger partial charge in [0.25, 0.3) is 0 Å². The van der Waals surface area contributed by atoms with Crippen LogP contribution in [0.25, 0.3) is 0 Å². The van der Waals surface area contributed by atoms with Crippen LogP contribution in [0.5, 0.6) is 0 Å². The average Bonchev–Trinajstić information content (AvgIpc) is 3.15. The van der Waals surface area contributed by atoms with Crippen LogP contribution in [-0.2, 0) is 19.1 Å². The number of benzene rings is 1. The Morgan fingerprint density at radius 1 is 1.03 bits per heavy atom. The van der Waals surface area contributed by atoms with E-state index in [9.17, 15) is 19.2 Å². The Labute approximate surface area is 182 Å². The van der Waals surface area contributed by atoms with Gasteiger partial charge in [0.2, 0.25) is 17.7 Å². The molecule has 2 saturated heterocycles. The number of rotatable bonds is 4. The highest BCUT2D eigenvalue weighted by atomic mass is 16.5. The quantitative estimate of drug-likeness (QED) is 0.741. The number of amides is 3. The van der Waals surface area contributed by atoms with E-state index in [2.05, 4.69) is 10.1 Å². The summed E-state index contributed by atoms with van der Waals surface area (Å²) in [4.78, 5) is 52.9. The number of ether oxygens (including phenoxy) is 1. The Hall–Kier alpha value is -2.90. The van der Waals surface area contributed by atoms with Crippen molar-refractivity contribution in [2.75, 3.05) is 32.1 Å². The highest BCUT2D eigenvalue weighted by molar-refractivity contribution is 5.94. The van der Waals surface area contributed by atoms with E-state index in [1.807, 2.05) is 20.8 Å². The lowest BCUT2D eigenvalue weighted by molar-refractivity contribution is -0.138. The predicted molar refractivity (Wildman–Crippen MR) is 115 cm³/mol. The molecule has 0 bridgehead atoms. The van der Waals surface area contributed by atoms with Crippen LogP contribution in [0.15, 0.2) is 24.3 Å². The summed E-state index contributed by atoms with van der Waals surface area (Å²) in [6.45, 7) is 7.42. The summed E-state index contributed by atoms with van der Waals surface area (Å²) in [6.07, 6.45) is 1.43. The maximum absolute atomic E-state index is 12.9. The van der Waals surface area contributed by atoms with E-state index in [0.29, 0.717) is 43.7 Å². The van der Waals surface area contributed by atoms with Gasteiger partial charge in [-0.15, -0.1) is 0 Å². The van der Waals surface area contributed by atoms with Gasteiger partial charge in [0.15, 0.2) is 0 Å². The first-order valence-electron chi connectivity index (χ1n) is 10.7. The highest BCUT2D eigenvalue weighted by Crippen LogP contribution is 2.29. The standard InChI is InChI=1S/C23H31N3O5/c1-23(2,3)26-14-17(13-19(26)27)21(29)25-11-9-15(10-12-25)20(28)24-18-7-5-16(6-8-18)22(30)31-4/h5-8,15,17H,9-14H2,1-4H3,(H,24,28). The molecule has 1 atom stereocenters. The first-order valence-corrected chi connectivity index (χ1v) is 10.7. The number of nitrogens with zero attached hydrogens (tertiary/aromatic N) is 2. The van der Waals surface area contributed by atoms with Gasteiger partial charge in [-0.25, -0.2) is 4.79 Å². The van der Waals surface area contributed by atoms with Gasteiger partial charge in [-0.3, -0.25) is 14.4 Å². The molecule has 31 heavy (non-hydrogen) atoms. The average molecular weight is 430 g/mol. The molecule has 0 radical (unpaired) electrons. The van der Waals surface area contributed by atoms with Gasteiger partial charge in [0.05, 0.1) is 18.6 Å². The van der Waals surface area contributed by atoms with Crippen molar-refractivity contribution in [3.05, 3.63) is 29.8 Å². The molecule has 3 amide bonds. The van der Waals surface area contributed by atoms with E-state index in [1.165, 1.54) is 7.11 Å². The van der Waals surface area contributed by atoms with Crippen molar-refractivity contribution in [1.82, 2.24) is 9.80 Å². The van der Waals surface area contributed by atoms with E-state index in [0.717, 1.165) is 0 Å². The smallest absolute Gasteiger partial charge is 0.337 e. The van der Waals surface area contributed by atoms with Crippen molar-refractivity contribution >= 4 is 29.4 Å². The summed E-state index contributed by atoms with van der Waals surface area (Å²) < 4.78 is 4.67. The monoisotopic (exact) mass is 429 g/mol. The van der Waals surface area contributed by atoms with Crippen LogP contribution in [0.2, 0.25) is 0 Å². The molecule has 0 saturated carbocycles. The number of piperidine rings is 1. The molecule has 1 N–H and O–H groups in total. The second-order valence-corrected chi connectivity index (χ2v) is 9.23. The van der Waals surface area contributed by atoms with Gasteiger partial charge in [-0.1, -0.05) is 0 Å². The minimum absolute atomic E-state index is 0.0114. The van der Waals surface area contributed by atoms with Gasteiger partial charge in [0.1, 0.15) is 0 Å². The maximum atomic E-state index is 12.9. The van der Waals surface area contributed by atoms with Crippen LogP contribution in [0, 0.1) is 11.8 Å². The van der Waals surface area contributed by atoms with Crippen molar-refractivity contribution in [1.29, 1.82) is 0 Å². The molecule has 2 fully saturated rings. The molecular weight excluding hydrogens is 398 g/mol. The number of hydrogen-bond acceptors (Lipinski definition) is 5. The van der Waals surface area contributed by atoms with Crippen molar-refractivity contribution in [3.8, 4) is 0 Å². The fourth-order valence-corrected chi connectivity index (χ4v) is 4.19. The SMILES string of the molecule is COC(=O)c1ccc(NC(=O)C2CCN(C(=O)C3CC(=O)N(C(C)(C)C)C3)CC2)cc1. The molecule has 168 valence electrons. The van der Waals surface area contributed by atoms with Crippen molar-refractivity contribution in [3.63, 3.8) is 0 Å². The second-order valence-electron chi connectivity index (χ2n) is 9.23. The van der Waals surface area contributed by atoms with Crippen LogP contribution in [0.1, 0.15) is 50.4 Å². The van der Waals surface area contributed by atoms with Crippen LogP contribution in [0.4, 0.5) is 5.69 Å². The molecule has 0 aromatic heterocycles. The fraction of sp³-hybridized carbons (Fsp3) is 0.565.